The van der Waals surface area contributed by atoms with Gasteiger partial charge in [0.05, 0.1) is 23.7 Å². The third-order valence-corrected chi connectivity index (χ3v) is 4.92. The maximum atomic E-state index is 14.0. The average molecular weight is 531 g/mol. The summed E-state index contributed by atoms with van der Waals surface area (Å²) < 4.78 is 29.8. The summed E-state index contributed by atoms with van der Waals surface area (Å²) >= 11 is 5.72. The standard InChI is InChI=1S/C26H28ClFN4O5/c1-5-35-23(33)14-18(31-25(34)37-26(2,3)4)13-22-29-11-10-21(32-22)16-6-8-19(9-7-16)36-24-20(28)12-17(27)15-30-24/h6-12,15,18H,5,13-14H2,1-4H3,(H,31,34)/t18-/m0/s1. The summed E-state index contributed by atoms with van der Waals surface area (Å²) in [5, 5.41) is 2.88. The molecule has 0 unspecified atom stereocenters. The van der Waals surface area contributed by atoms with Crippen molar-refractivity contribution in [2.45, 2.75) is 52.2 Å². The van der Waals surface area contributed by atoms with Crippen molar-refractivity contribution >= 4 is 23.7 Å². The fraction of sp³-hybridized carbons (Fsp3) is 0.346. The summed E-state index contributed by atoms with van der Waals surface area (Å²) in [5.41, 5.74) is 0.669. The molecule has 9 nitrogen and oxygen atoms in total. The molecule has 2 heterocycles. The lowest BCUT2D eigenvalue weighted by Crippen LogP contribution is -2.41. The number of carbonyl (C=O) groups excluding carboxylic acids is 2. The van der Waals surface area contributed by atoms with Crippen LogP contribution in [-0.2, 0) is 20.7 Å². The number of halogens is 2. The van der Waals surface area contributed by atoms with Crippen LogP contribution < -0.4 is 10.1 Å². The van der Waals surface area contributed by atoms with Gasteiger partial charge in [0.15, 0.2) is 5.82 Å². The molecule has 11 heteroatoms. The van der Waals surface area contributed by atoms with Gasteiger partial charge in [-0.25, -0.2) is 24.1 Å². The summed E-state index contributed by atoms with van der Waals surface area (Å²) in [6.07, 6.45) is 2.34. The summed E-state index contributed by atoms with van der Waals surface area (Å²) in [7, 11) is 0. The number of benzene rings is 1. The Labute approximate surface area is 219 Å². The van der Waals surface area contributed by atoms with Gasteiger partial charge in [-0.05, 0) is 64.1 Å². The minimum Gasteiger partial charge on any atom is -0.466 e. The van der Waals surface area contributed by atoms with Crippen LogP contribution in [0.4, 0.5) is 9.18 Å². The number of aromatic nitrogens is 3. The van der Waals surface area contributed by atoms with Crippen LogP contribution in [0.1, 0.15) is 39.9 Å². The van der Waals surface area contributed by atoms with E-state index in [2.05, 4.69) is 20.3 Å². The molecule has 0 spiro atoms. The minimum atomic E-state index is -0.694. The molecule has 0 saturated heterocycles. The number of pyridine rings is 1. The molecule has 0 aliphatic carbocycles. The SMILES string of the molecule is CCOC(=O)C[C@H](Cc1nccc(-c2ccc(Oc3ncc(Cl)cc3F)cc2)n1)NC(=O)OC(C)(C)C. The number of nitrogens with one attached hydrogen (secondary N) is 1. The second-order valence-electron chi connectivity index (χ2n) is 8.98. The van der Waals surface area contributed by atoms with Crippen LogP contribution in [0.3, 0.4) is 0 Å². The Hall–Kier alpha value is -3.79. The highest BCUT2D eigenvalue weighted by Crippen LogP contribution is 2.26. The van der Waals surface area contributed by atoms with E-state index in [4.69, 9.17) is 25.8 Å². The Bertz CT molecular complexity index is 1230. The molecular weight excluding hydrogens is 503 g/mol. The van der Waals surface area contributed by atoms with Crippen molar-refractivity contribution in [2.75, 3.05) is 6.61 Å². The third kappa shape index (κ3) is 8.98. The van der Waals surface area contributed by atoms with Gasteiger partial charge >= 0.3 is 12.1 Å². The molecule has 0 bridgehead atoms. The van der Waals surface area contributed by atoms with Crippen LogP contribution in [0, 0.1) is 5.82 Å². The van der Waals surface area contributed by atoms with Crippen LogP contribution >= 0.6 is 11.6 Å². The molecule has 0 aliphatic rings. The first kappa shape index (κ1) is 27.8. The van der Waals surface area contributed by atoms with Gasteiger partial charge in [-0.15, -0.1) is 0 Å². The van der Waals surface area contributed by atoms with Crippen LogP contribution in [0.25, 0.3) is 11.3 Å². The van der Waals surface area contributed by atoms with Gasteiger partial charge in [0.25, 0.3) is 5.88 Å². The highest BCUT2D eigenvalue weighted by atomic mass is 35.5. The van der Waals surface area contributed by atoms with Crippen molar-refractivity contribution in [1.29, 1.82) is 0 Å². The van der Waals surface area contributed by atoms with Gasteiger partial charge in [0.2, 0.25) is 0 Å². The van der Waals surface area contributed by atoms with E-state index < -0.39 is 29.5 Å². The molecule has 1 amide bonds. The molecule has 196 valence electrons. The second-order valence-corrected chi connectivity index (χ2v) is 9.42. The van der Waals surface area contributed by atoms with Crippen molar-refractivity contribution in [3.63, 3.8) is 0 Å². The molecule has 0 aliphatic heterocycles. The molecular formula is C26H28ClFN4O5. The fourth-order valence-electron chi connectivity index (χ4n) is 3.23. The topological polar surface area (TPSA) is 113 Å². The average Bonchev–Trinajstić information content (AvgIpc) is 2.80. The van der Waals surface area contributed by atoms with E-state index >= 15 is 0 Å². The Morgan fingerprint density at radius 1 is 1.14 bits per heavy atom. The number of hydrogen-bond donors (Lipinski definition) is 1. The Morgan fingerprint density at radius 3 is 2.51 bits per heavy atom. The largest absolute Gasteiger partial charge is 0.466 e. The van der Waals surface area contributed by atoms with E-state index in [0.717, 1.165) is 11.6 Å². The van der Waals surface area contributed by atoms with Crippen LogP contribution in [0.15, 0.2) is 48.8 Å². The number of esters is 1. The van der Waals surface area contributed by atoms with Gasteiger partial charge in [-0.3, -0.25) is 4.79 Å². The van der Waals surface area contributed by atoms with Crippen molar-refractivity contribution < 1.29 is 28.2 Å². The predicted molar refractivity (Wildman–Crippen MR) is 135 cm³/mol. The zero-order valence-electron chi connectivity index (χ0n) is 21.0. The van der Waals surface area contributed by atoms with Crippen LogP contribution in [-0.4, -0.2) is 45.3 Å². The quantitative estimate of drug-likeness (QED) is 0.360. The first-order valence-corrected chi connectivity index (χ1v) is 12.0. The number of ether oxygens (including phenoxy) is 3. The molecule has 0 fully saturated rings. The number of carbonyl (C=O) groups is 2. The van der Waals surface area contributed by atoms with E-state index in [1.165, 1.54) is 6.20 Å². The van der Waals surface area contributed by atoms with Gasteiger partial charge in [-0.2, -0.15) is 0 Å². The second kappa shape index (κ2) is 12.4. The van der Waals surface area contributed by atoms with Crippen LogP contribution in [0.5, 0.6) is 11.6 Å². The smallest absolute Gasteiger partial charge is 0.407 e. The molecule has 0 saturated carbocycles. The predicted octanol–water partition coefficient (Wildman–Crippen LogP) is 5.51. The van der Waals surface area contributed by atoms with E-state index in [9.17, 15) is 14.0 Å². The normalized spacial score (nSPS) is 11.9. The maximum absolute atomic E-state index is 14.0. The Kier molecular flexibility index (Phi) is 9.35. The summed E-state index contributed by atoms with van der Waals surface area (Å²) in [5.74, 6) is -0.527. The lowest BCUT2D eigenvalue weighted by molar-refractivity contribution is -0.143. The molecule has 2 aromatic heterocycles. The number of amides is 1. The van der Waals surface area contributed by atoms with Crippen molar-refractivity contribution in [2.24, 2.45) is 0 Å². The van der Waals surface area contributed by atoms with E-state index in [1.807, 2.05) is 0 Å². The van der Waals surface area contributed by atoms with Gasteiger partial charge in [0, 0.05) is 30.4 Å². The monoisotopic (exact) mass is 530 g/mol. The van der Waals surface area contributed by atoms with E-state index in [1.54, 1.807) is 64.2 Å². The van der Waals surface area contributed by atoms with Crippen molar-refractivity contribution in [3.05, 3.63) is 65.5 Å². The summed E-state index contributed by atoms with van der Waals surface area (Å²) in [6.45, 7) is 7.18. The minimum absolute atomic E-state index is 0.0675. The molecule has 1 atom stereocenters. The van der Waals surface area contributed by atoms with Gasteiger partial charge in [0.1, 0.15) is 17.2 Å². The number of hydrogen-bond acceptors (Lipinski definition) is 8. The first-order chi connectivity index (χ1) is 17.5. The molecule has 3 rings (SSSR count). The molecule has 1 aromatic carbocycles. The maximum Gasteiger partial charge on any atom is 0.407 e. The Morgan fingerprint density at radius 2 is 1.86 bits per heavy atom. The molecule has 3 aromatic rings. The van der Waals surface area contributed by atoms with E-state index in [0.29, 0.717) is 17.3 Å². The van der Waals surface area contributed by atoms with Gasteiger partial charge < -0.3 is 19.5 Å². The Balaban J connectivity index is 1.73. The summed E-state index contributed by atoms with van der Waals surface area (Å²) in [6, 6.07) is 9.02. The van der Waals surface area contributed by atoms with Crippen molar-refractivity contribution in [1.82, 2.24) is 20.3 Å². The number of alkyl carbamates (subject to hydrolysis) is 1. The van der Waals surface area contributed by atoms with Crippen molar-refractivity contribution in [3.8, 4) is 22.9 Å². The lowest BCUT2D eigenvalue weighted by atomic mass is 10.1. The fourth-order valence-corrected chi connectivity index (χ4v) is 3.38. The van der Waals surface area contributed by atoms with E-state index in [-0.39, 0.29) is 30.4 Å². The molecule has 37 heavy (non-hydrogen) atoms. The van der Waals surface area contributed by atoms with Gasteiger partial charge in [-0.1, -0.05) is 11.6 Å². The van der Waals surface area contributed by atoms with Crippen LogP contribution in [0.2, 0.25) is 5.02 Å². The molecule has 0 radical (unpaired) electrons. The summed E-state index contributed by atoms with van der Waals surface area (Å²) in [4.78, 5) is 37.1. The highest BCUT2D eigenvalue weighted by molar-refractivity contribution is 6.30. The number of nitrogens with zero attached hydrogens (tertiary/aromatic N) is 3. The highest BCUT2D eigenvalue weighted by Gasteiger charge is 2.23. The first-order valence-electron chi connectivity index (χ1n) is 11.6. The zero-order chi connectivity index (χ0) is 27.0. The lowest BCUT2D eigenvalue weighted by Gasteiger charge is -2.23. The molecule has 1 N–H and O–H groups in total. The zero-order valence-corrected chi connectivity index (χ0v) is 21.7. The third-order valence-electron chi connectivity index (χ3n) is 4.71. The number of rotatable bonds is 9.